The molecule has 1 aromatic heterocycles. The minimum Gasteiger partial charge on any atom is -0.353 e. The smallest absolute Gasteiger partial charge is 0.147 e. The van der Waals surface area contributed by atoms with E-state index in [1.165, 1.54) is 6.07 Å². The van der Waals surface area contributed by atoms with Gasteiger partial charge in [0.1, 0.15) is 11.6 Å². The summed E-state index contributed by atoms with van der Waals surface area (Å²) in [4.78, 5) is 3.96. The van der Waals surface area contributed by atoms with Gasteiger partial charge >= 0.3 is 0 Å². The van der Waals surface area contributed by atoms with Gasteiger partial charge in [-0.05, 0) is 24.3 Å². The number of hydrazine groups is 1. The van der Waals surface area contributed by atoms with Gasteiger partial charge in [-0.25, -0.2) is 15.2 Å². The van der Waals surface area contributed by atoms with Crippen LogP contribution in [-0.4, -0.2) is 4.98 Å². The number of pyridine rings is 1. The lowest BCUT2D eigenvalue weighted by Gasteiger charge is -2.08. The number of hydrogen-bond donors (Lipinski definition) is 3. The molecule has 2 aromatic rings. The number of nitrogens with two attached hydrogens (primary N) is 1. The average molecular weight is 297 g/mol. The third-order valence-electron chi connectivity index (χ3n) is 2.12. The van der Waals surface area contributed by atoms with Crippen molar-refractivity contribution in [2.75, 3.05) is 10.7 Å². The maximum absolute atomic E-state index is 13.6. The van der Waals surface area contributed by atoms with E-state index in [0.717, 1.165) is 0 Å². The van der Waals surface area contributed by atoms with Crippen molar-refractivity contribution < 1.29 is 4.39 Å². The van der Waals surface area contributed by atoms with Crippen molar-refractivity contribution in [3.63, 3.8) is 0 Å². The number of rotatable bonds is 3. The summed E-state index contributed by atoms with van der Waals surface area (Å²) in [6.07, 6.45) is 1.58. The Hall–Kier alpha value is -1.66. The summed E-state index contributed by atoms with van der Waals surface area (Å²) in [7, 11) is 0. The van der Waals surface area contributed by atoms with E-state index < -0.39 is 0 Å². The van der Waals surface area contributed by atoms with Crippen LogP contribution < -0.4 is 16.6 Å². The highest BCUT2D eigenvalue weighted by Gasteiger charge is 2.03. The van der Waals surface area contributed by atoms with E-state index in [1.807, 2.05) is 0 Å². The predicted octanol–water partition coefficient (Wildman–Crippen LogP) is 3.01. The first-order valence-electron chi connectivity index (χ1n) is 4.84. The Labute approximate surface area is 106 Å². The van der Waals surface area contributed by atoms with Gasteiger partial charge in [0.2, 0.25) is 0 Å². The molecule has 6 heteroatoms. The molecule has 0 radical (unpaired) electrons. The highest BCUT2D eigenvalue weighted by molar-refractivity contribution is 9.10. The molecule has 0 aliphatic rings. The van der Waals surface area contributed by atoms with Crippen LogP contribution in [0.25, 0.3) is 0 Å². The molecule has 0 unspecified atom stereocenters. The molecule has 0 fully saturated rings. The number of nitrogen functional groups attached to an aromatic ring is 1. The first-order chi connectivity index (χ1) is 8.19. The van der Waals surface area contributed by atoms with Gasteiger partial charge in [0, 0.05) is 22.4 Å². The van der Waals surface area contributed by atoms with Crippen LogP contribution in [0.5, 0.6) is 0 Å². The Balaban J connectivity index is 2.25. The van der Waals surface area contributed by atoms with E-state index in [4.69, 9.17) is 5.84 Å². The zero-order chi connectivity index (χ0) is 12.3. The maximum atomic E-state index is 13.6. The zero-order valence-corrected chi connectivity index (χ0v) is 10.3. The zero-order valence-electron chi connectivity index (χ0n) is 8.74. The summed E-state index contributed by atoms with van der Waals surface area (Å²) in [5.41, 5.74) is 3.52. The standard InChI is InChI=1S/C11H10BrFN4/c12-7-1-2-10(9(13)5-7)16-8-3-4-15-11(6-8)17-14/h1-6H,14H2,(H2,15,16,17). The molecule has 0 bridgehead atoms. The number of hydrogen-bond acceptors (Lipinski definition) is 4. The molecule has 0 spiro atoms. The fraction of sp³-hybridized carbons (Fsp3) is 0. The summed E-state index contributed by atoms with van der Waals surface area (Å²) < 4.78 is 14.3. The van der Waals surface area contributed by atoms with E-state index in [-0.39, 0.29) is 5.82 Å². The highest BCUT2D eigenvalue weighted by Crippen LogP contribution is 2.23. The van der Waals surface area contributed by atoms with Crippen LogP contribution in [0.15, 0.2) is 41.0 Å². The molecule has 1 aromatic carbocycles. The summed E-state index contributed by atoms with van der Waals surface area (Å²) in [6, 6.07) is 8.21. The third-order valence-corrected chi connectivity index (χ3v) is 2.61. The van der Waals surface area contributed by atoms with Gasteiger partial charge in [-0.2, -0.15) is 0 Å². The lowest BCUT2D eigenvalue weighted by Crippen LogP contribution is -2.08. The first-order valence-corrected chi connectivity index (χ1v) is 5.63. The molecule has 2 rings (SSSR count). The van der Waals surface area contributed by atoms with Crippen LogP contribution in [0.3, 0.4) is 0 Å². The number of nitrogens with zero attached hydrogens (tertiary/aromatic N) is 1. The van der Waals surface area contributed by atoms with Crippen molar-refractivity contribution in [2.45, 2.75) is 0 Å². The van der Waals surface area contributed by atoms with Crippen molar-refractivity contribution in [2.24, 2.45) is 5.84 Å². The van der Waals surface area contributed by atoms with Crippen molar-refractivity contribution in [1.29, 1.82) is 0 Å². The molecular formula is C11H10BrFN4. The SMILES string of the molecule is NNc1cc(Nc2ccc(Br)cc2F)ccn1. The predicted molar refractivity (Wildman–Crippen MR) is 69.4 cm³/mol. The molecule has 1 heterocycles. The number of halogens is 2. The van der Waals surface area contributed by atoms with Crippen molar-refractivity contribution in [3.8, 4) is 0 Å². The van der Waals surface area contributed by atoms with Gasteiger partial charge in [0.25, 0.3) is 0 Å². The lowest BCUT2D eigenvalue weighted by atomic mass is 10.3. The Morgan fingerprint density at radius 2 is 2.06 bits per heavy atom. The summed E-state index contributed by atoms with van der Waals surface area (Å²) in [6.45, 7) is 0. The van der Waals surface area contributed by atoms with Crippen LogP contribution >= 0.6 is 15.9 Å². The Bertz CT molecular complexity index is 533. The second-order valence-electron chi connectivity index (χ2n) is 3.32. The average Bonchev–Trinajstić information content (AvgIpc) is 2.33. The third kappa shape index (κ3) is 2.92. The largest absolute Gasteiger partial charge is 0.353 e. The molecule has 88 valence electrons. The molecule has 17 heavy (non-hydrogen) atoms. The molecule has 4 nitrogen and oxygen atoms in total. The Kier molecular flexibility index (Phi) is 3.55. The number of nitrogens with one attached hydrogen (secondary N) is 2. The maximum Gasteiger partial charge on any atom is 0.147 e. The first kappa shape index (κ1) is 11.8. The fourth-order valence-corrected chi connectivity index (χ4v) is 1.67. The number of anilines is 3. The van der Waals surface area contributed by atoms with Crippen LogP contribution in [-0.2, 0) is 0 Å². The molecule has 4 N–H and O–H groups in total. The van der Waals surface area contributed by atoms with Gasteiger partial charge in [0.15, 0.2) is 0 Å². The topological polar surface area (TPSA) is 63.0 Å². The Morgan fingerprint density at radius 1 is 1.24 bits per heavy atom. The normalized spacial score (nSPS) is 10.1. The van der Waals surface area contributed by atoms with Gasteiger partial charge in [-0.3, -0.25) is 0 Å². The molecular weight excluding hydrogens is 287 g/mol. The lowest BCUT2D eigenvalue weighted by molar-refractivity contribution is 0.631. The van der Waals surface area contributed by atoms with Crippen molar-refractivity contribution >= 4 is 33.1 Å². The highest BCUT2D eigenvalue weighted by atomic mass is 79.9. The van der Waals surface area contributed by atoms with Gasteiger partial charge in [0.05, 0.1) is 5.69 Å². The number of aromatic nitrogens is 1. The van der Waals surface area contributed by atoms with Crippen LogP contribution in [0.4, 0.5) is 21.6 Å². The van der Waals surface area contributed by atoms with Crippen molar-refractivity contribution in [3.05, 3.63) is 46.8 Å². The summed E-state index contributed by atoms with van der Waals surface area (Å²) >= 11 is 3.20. The molecule has 0 saturated heterocycles. The van der Waals surface area contributed by atoms with Crippen LogP contribution in [0.1, 0.15) is 0 Å². The number of benzene rings is 1. The minimum absolute atomic E-state index is 0.335. The van der Waals surface area contributed by atoms with Crippen LogP contribution in [0.2, 0.25) is 0 Å². The van der Waals surface area contributed by atoms with Crippen molar-refractivity contribution in [1.82, 2.24) is 4.98 Å². The van der Waals surface area contributed by atoms with Gasteiger partial charge in [-0.1, -0.05) is 15.9 Å². The fourth-order valence-electron chi connectivity index (χ4n) is 1.33. The summed E-state index contributed by atoms with van der Waals surface area (Å²) in [5.74, 6) is 5.41. The Morgan fingerprint density at radius 3 is 2.76 bits per heavy atom. The van der Waals surface area contributed by atoms with Crippen LogP contribution in [0, 0.1) is 5.82 Å². The quantitative estimate of drug-likeness (QED) is 0.602. The van der Waals surface area contributed by atoms with Gasteiger partial charge < -0.3 is 10.7 Å². The molecule has 0 amide bonds. The molecule has 0 saturated carbocycles. The van der Waals surface area contributed by atoms with E-state index >= 15 is 0 Å². The molecule has 0 aliphatic carbocycles. The monoisotopic (exact) mass is 296 g/mol. The second kappa shape index (κ2) is 5.11. The van der Waals surface area contributed by atoms with E-state index in [2.05, 4.69) is 31.7 Å². The second-order valence-corrected chi connectivity index (χ2v) is 4.24. The minimum atomic E-state index is -0.335. The molecule has 0 aliphatic heterocycles. The molecule has 0 atom stereocenters. The van der Waals surface area contributed by atoms with E-state index in [1.54, 1.807) is 30.5 Å². The van der Waals surface area contributed by atoms with E-state index in [9.17, 15) is 4.39 Å². The van der Waals surface area contributed by atoms with E-state index in [0.29, 0.717) is 21.7 Å². The summed E-state index contributed by atoms with van der Waals surface area (Å²) in [5, 5.41) is 2.94. The van der Waals surface area contributed by atoms with Gasteiger partial charge in [-0.15, -0.1) is 0 Å².